The first-order chi connectivity index (χ1) is 17.4. The summed E-state index contributed by atoms with van der Waals surface area (Å²) >= 11 is 1.36. The Kier molecular flexibility index (Phi) is 7.27. The number of ether oxygens (including phenoxy) is 2. The lowest BCUT2D eigenvalue weighted by Crippen LogP contribution is -2.54. The van der Waals surface area contributed by atoms with Crippen LogP contribution in [0.5, 0.6) is 5.75 Å². The molecule has 1 aromatic carbocycles. The predicted molar refractivity (Wildman–Crippen MR) is 137 cm³/mol. The predicted octanol–water partition coefficient (Wildman–Crippen LogP) is 2.55. The van der Waals surface area contributed by atoms with Gasteiger partial charge in [-0.3, -0.25) is 14.4 Å². The van der Waals surface area contributed by atoms with Crippen LogP contribution in [0.3, 0.4) is 0 Å². The summed E-state index contributed by atoms with van der Waals surface area (Å²) in [6.07, 6.45) is 1.31. The number of carbonyl (C=O) groups is 3. The second kappa shape index (κ2) is 10.6. The summed E-state index contributed by atoms with van der Waals surface area (Å²) in [5.41, 5.74) is 0.948. The monoisotopic (exact) mass is 512 g/mol. The van der Waals surface area contributed by atoms with Gasteiger partial charge in [0, 0.05) is 38.9 Å². The number of nitrogens with one attached hydrogen (secondary N) is 1. The standard InChI is InChI=1S/C26H32N4O5S/c1-28-9-11-30(12-10-28)24(31)15-18-6-7-20-22(35-18)16-34-21-8-5-17(14-19(21)26(33)29(20)2)27-25(32)23-4-3-13-36-23/h3-5,8,13-14,18,20,22H,6-7,9-12,15-16H2,1-2H3,(H,27,32)/t18-,20+,22-/m0/s1. The Morgan fingerprint density at radius 1 is 1.11 bits per heavy atom. The third-order valence-electron chi connectivity index (χ3n) is 7.27. The minimum Gasteiger partial charge on any atom is -0.490 e. The topological polar surface area (TPSA) is 91.4 Å². The molecule has 0 unspecified atom stereocenters. The van der Waals surface area contributed by atoms with E-state index in [-0.39, 0.29) is 42.6 Å². The quantitative estimate of drug-likeness (QED) is 0.677. The zero-order valence-corrected chi connectivity index (χ0v) is 21.5. The zero-order valence-electron chi connectivity index (χ0n) is 20.6. The number of likely N-dealkylation sites (N-methyl/N-ethyl adjacent to an activating group) is 2. The van der Waals surface area contributed by atoms with Crippen LogP contribution in [0.15, 0.2) is 35.7 Å². The lowest BCUT2D eigenvalue weighted by atomic mass is 9.94. The van der Waals surface area contributed by atoms with Gasteiger partial charge < -0.3 is 29.5 Å². The molecule has 0 bridgehead atoms. The molecule has 2 aromatic rings. The van der Waals surface area contributed by atoms with Gasteiger partial charge in [-0.15, -0.1) is 11.3 Å². The molecule has 5 rings (SSSR count). The molecule has 10 heteroatoms. The second-order valence-corrected chi connectivity index (χ2v) is 10.6. The van der Waals surface area contributed by atoms with Crippen LogP contribution in [-0.4, -0.2) is 97.6 Å². The summed E-state index contributed by atoms with van der Waals surface area (Å²) in [6.45, 7) is 3.57. The summed E-state index contributed by atoms with van der Waals surface area (Å²) in [5.74, 6) is 0.196. The Bertz CT molecular complexity index is 1120. The minimum absolute atomic E-state index is 0.130. The second-order valence-electron chi connectivity index (χ2n) is 9.70. The molecule has 2 fully saturated rings. The van der Waals surface area contributed by atoms with Gasteiger partial charge in [-0.25, -0.2) is 0 Å². The van der Waals surface area contributed by atoms with Gasteiger partial charge in [-0.05, 0) is 49.5 Å². The van der Waals surface area contributed by atoms with Gasteiger partial charge in [0.2, 0.25) is 5.91 Å². The van der Waals surface area contributed by atoms with Crippen LogP contribution in [0, 0.1) is 0 Å². The van der Waals surface area contributed by atoms with E-state index in [0.717, 1.165) is 32.6 Å². The number of anilines is 1. The summed E-state index contributed by atoms with van der Waals surface area (Å²) < 4.78 is 12.4. The van der Waals surface area contributed by atoms with Gasteiger partial charge in [0.1, 0.15) is 18.5 Å². The van der Waals surface area contributed by atoms with Crippen molar-refractivity contribution in [1.29, 1.82) is 0 Å². The van der Waals surface area contributed by atoms with E-state index in [0.29, 0.717) is 34.7 Å². The maximum Gasteiger partial charge on any atom is 0.265 e. The first-order valence-corrected chi connectivity index (χ1v) is 13.3. The lowest BCUT2D eigenvalue weighted by molar-refractivity contribution is -0.144. The maximum absolute atomic E-state index is 13.4. The summed E-state index contributed by atoms with van der Waals surface area (Å²) in [6, 6.07) is 8.54. The SMILES string of the molecule is CN1CCN(C(=O)C[C@@H]2CC[C@@H]3[C@H](COc4ccc(NC(=O)c5cccs5)cc4C(=O)N3C)O2)CC1. The fourth-order valence-electron chi connectivity index (χ4n) is 5.09. The van der Waals surface area contributed by atoms with E-state index in [9.17, 15) is 14.4 Å². The van der Waals surface area contributed by atoms with Crippen LogP contribution in [0.2, 0.25) is 0 Å². The van der Waals surface area contributed by atoms with Crippen LogP contribution in [-0.2, 0) is 9.53 Å². The van der Waals surface area contributed by atoms with Crippen LogP contribution in [0.1, 0.15) is 39.3 Å². The summed E-state index contributed by atoms with van der Waals surface area (Å²) in [4.78, 5) is 45.2. The Hall–Kier alpha value is -2.95. The van der Waals surface area contributed by atoms with Crippen molar-refractivity contribution in [2.75, 3.05) is 52.2 Å². The maximum atomic E-state index is 13.4. The zero-order chi connectivity index (χ0) is 25.2. The van der Waals surface area contributed by atoms with E-state index < -0.39 is 0 Å². The van der Waals surface area contributed by atoms with Gasteiger partial charge in [-0.1, -0.05) is 6.07 Å². The summed E-state index contributed by atoms with van der Waals surface area (Å²) in [5, 5.41) is 4.70. The van der Waals surface area contributed by atoms with Crippen molar-refractivity contribution in [1.82, 2.24) is 14.7 Å². The molecule has 0 aliphatic carbocycles. The Morgan fingerprint density at radius 3 is 2.67 bits per heavy atom. The number of hydrogen-bond acceptors (Lipinski definition) is 7. The molecule has 2 saturated heterocycles. The number of rotatable bonds is 4. The smallest absolute Gasteiger partial charge is 0.265 e. The molecule has 3 atom stereocenters. The third kappa shape index (κ3) is 5.25. The Balaban J connectivity index is 1.25. The number of piperazine rings is 1. The highest BCUT2D eigenvalue weighted by molar-refractivity contribution is 7.12. The van der Waals surface area contributed by atoms with Crippen molar-refractivity contribution in [3.63, 3.8) is 0 Å². The molecule has 0 spiro atoms. The van der Waals surface area contributed by atoms with E-state index in [2.05, 4.69) is 17.3 Å². The van der Waals surface area contributed by atoms with Crippen LogP contribution >= 0.6 is 11.3 Å². The molecule has 0 saturated carbocycles. The first-order valence-electron chi connectivity index (χ1n) is 12.4. The molecule has 3 aliphatic rings. The molecular weight excluding hydrogens is 480 g/mol. The van der Waals surface area contributed by atoms with Crippen molar-refractivity contribution in [2.24, 2.45) is 0 Å². The average molecular weight is 513 g/mol. The van der Waals surface area contributed by atoms with Gasteiger partial charge in [-0.2, -0.15) is 0 Å². The normalized spacial score (nSPS) is 24.7. The number of carbonyl (C=O) groups excluding carboxylic acids is 3. The molecule has 3 aliphatic heterocycles. The van der Waals surface area contributed by atoms with E-state index in [1.54, 1.807) is 36.2 Å². The first kappa shape index (κ1) is 24.7. The van der Waals surface area contributed by atoms with E-state index in [1.165, 1.54) is 11.3 Å². The van der Waals surface area contributed by atoms with Crippen molar-refractivity contribution in [3.8, 4) is 5.75 Å². The van der Waals surface area contributed by atoms with Gasteiger partial charge in [0.15, 0.2) is 0 Å². The molecule has 192 valence electrons. The lowest BCUT2D eigenvalue weighted by Gasteiger charge is -2.42. The van der Waals surface area contributed by atoms with Gasteiger partial charge in [0.05, 0.1) is 29.0 Å². The Labute approximate surface area is 214 Å². The van der Waals surface area contributed by atoms with Crippen molar-refractivity contribution >= 4 is 34.7 Å². The highest BCUT2D eigenvalue weighted by Gasteiger charge is 2.39. The highest BCUT2D eigenvalue weighted by atomic mass is 32.1. The Morgan fingerprint density at radius 2 is 1.92 bits per heavy atom. The third-order valence-corrected chi connectivity index (χ3v) is 8.14. The number of benzene rings is 1. The summed E-state index contributed by atoms with van der Waals surface area (Å²) in [7, 11) is 3.85. The molecule has 1 N–H and O–H groups in total. The number of hydrogen-bond donors (Lipinski definition) is 1. The molecule has 9 nitrogen and oxygen atoms in total. The number of nitrogens with zero attached hydrogens (tertiary/aromatic N) is 3. The van der Waals surface area contributed by atoms with Gasteiger partial charge in [0.25, 0.3) is 11.8 Å². The fraction of sp³-hybridized carbons (Fsp3) is 0.500. The molecule has 0 radical (unpaired) electrons. The van der Waals surface area contributed by atoms with Crippen molar-refractivity contribution < 1.29 is 23.9 Å². The average Bonchev–Trinajstić information content (AvgIpc) is 3.42. The van der Waals surface area contributed by atoms with E-state index in [1.807, 2.05) is 16.3 Å². The van der Waals surface area contributed by atoms with E-state index in [4.69, 9.17) is 9.47 Å². The molecule has 3 amide bonds. The molecule has 1 aromatic heterocycles. The molecular formula is C26H32N4O5S. The van der Waals surface area contributed by atoms with Crippen molar-refractivity contribution in [3.05, 3.63) is 46.2 Å². The minimum atomic E-state index is -0.315. The van der Waals surface area contributed by atoms with Crippen LogP contribution < -0.4 is 10.1 Å². The number of thiophene rings is 1. The number of amides is 3. The fourth-order valence-corrected chi connectivity index (χ4v) is 5.70. The van der Waals surface area contributed by atoms with Crippen molar-refractivity contribution in [2.45, 2.75) is 37.5 Å². The highest BCUT2D eigenvalue weighted by Crippen LogP contribution is 2.33. The van der Waals surface area contributed by atoms with Crippen LogP contribution in [0.25, 0.3) is 0 Å². The number of fused-ring (bicyclic) bond motifs is 2. The van der Waals surface area contributed by atoms with Gasteiger partial charge >= 0.3 is 0 Å². The molecule has 36 heavy (non-hydrogen) atoms. The van der Waals surface area contributed by atoms with E-state index >= 15 is 0 Å². The van der Waals surface area contributed by atoms with Crippen LogP contribution in [0.4, 0.5) is 5.69 Å². The largest absolute Gasteiger partial charge is 0.490 e. The molecule has 4 heterocycles.